The second-order valence-corrected chi connectivity index (χ2v) is 4.22. The van der Waals surface area contributed by atoms with E-state index in [-0.39, 0.29) is 18.1 Å². The molecule has 1 saturated heterocycles. The number of hydrogen-bond acceptors (Lipinski definition) is 3. The molecule has 0 radical (unpaired) electrons. The van der Waals surface area contributed by atoms with Crippen LogP contribution in [0.3, 0.4) is 0 Å². The number of likely N-dealkylation sites (N-methyl/N-ethyl adjacent to an activating group) is 1. The van der Waals surface area contributed by atoms with Gasteiger partial charge in [0.15, 0.2) is 0 Å². The molecular weight excluding hydrogens is 192 g/mol. The molecule has 1 rings (SSSR count). The molecule has 0 aliphatic carbocycles. The highest BCUT2D eigenvalue weighted by Crippen LogP contribution is 2.13. The fourth-order valence-electron chi connectivity index (χ4n) is 1.80. The number of amides is 1. The summed E-state index contributed by atoms with van der Waals surface area (Å²) in [5.41, 5.74) is 5.69. The summed E-state index contributed by atoms with van der Waals surface area (Å²) in [6.07, 6.45) is 4.29. The summed E-state index contributed by atoms with van der Waals surface area (Å²) in [5.74, 6) is 0.0201. The zero-order chi connectivity index (χ0) is 11.3. The smallest absolute Gasteiger partial charge is 0.239 e. The minimum absolute atomic E-state index is 0.0201. The lowest BCUT2D eigenvalue weighted by atomic mass is 10.1. The van der Waals surface area contributed by atoms with Crippen LogP contribution in [-0.4, -0.2) is 43.2 Å². The van der Waals surface area contributed by atoms with Gasteiger partial charge in [-0.1, -0.05) is 6.92 Å². The van der Waals surface area contributed by atoms with Crippen molar-refractivity contribution in [2.75, 3.05) is 20.2 Å². The zero-order valence-corrected chi connectivity index (χ0v) is 9.74. The minimum Gasteiger partial charge on any atom is -0.376 e. The van der Waals surface area contributed by atoms with Crippen molar-refractivity contribution in [2.45, 2.75) is 44.8 Å². The molecule has 0 bridgehead atoms. The summed E-state index contributed by atoms with van der Waals surface area (Å²) in [6, 6.07) is -0.362. The van der Waals surface area contributed by atoms with Crippen LogP contribution in [0.1, 0.15) is 32.6 Å². The molecule has 4 heteroatoms. The molecule has 15 heavy (non-hydrogen) atoms. The van der Waals surface area contributed by atoms with Crippen LogP contribution in [0.25, 0.3) is 0 Å². The monoisotopic (exact) mass is 214 g/mol. The molecule has 4 nitrogen and oxygen atoms in total. The van der Waals surface area contributed by atoms with Gasteiger partial charge in [0.1, 0.15) is 0 Å². The van der Waals surface area contributed by atoms with E-state index in [1.807, 2.05) is 6.92 Å². The van der Waals surface area contributed by atoms with Crippen LogP contribution < -0.4 is 5.73 Å². The quantitative estimate of drug-likeness (QED) is 0.751. The summed E-state index contributed by atoms with van der Waals surface area (Å²) in [5, 5.41) is 0. The summed E-state index contributed by atoms with van der Waals surface area (Å²) in [7, 11) is 1.80. The minimum atomic E-state index is -0.362. The predicted octanol–water partition coefficient (Wildman–Crippen LogP) is 0.751. The first-order chi connectivity index (χ1) is 7.15. The fraction of sp³-hybridized carbons (Fsp3) is 0.909. The third-order valence-corrected chi connectivity index (χ3v) is 2.88. The average molecular weight is 214 g/mol. The molecular formula is C11H22N2O2. The molecule has 0 aromatic rings. The van der Waals surface area contributed by atoms with E-state index in [2.05, 4.69) is 0 Å². The number of hydrogen-bond donors (Lipinski definition) is 1. The van der Waals surface area contributed by atoms with Gasteiger partial charge in [-0.3, -0.25) is 4.79 Å². The molecule has 88 valence electrons. The maximum Gasteiger partial charge on any atom is 0.239 e. The lowest BCUT2D eigenvalue weighted by Crippen LogP contribution is -2.45. The number of nitrogens with zero attached hydrogens (tertiary/aromatic N) is 1. The van der Waals surface area contributed by atoms with Gasteiger partial charge in [-0.15, -0.1) is 0 Å². The Balaban J connectivity index is 2.33. The van der Waals surface area contributed by atoms with Gasteiger partial charge in [0.05, 0.1) is 12.1 Å². The lowest BCUT2D eigenvalue weighted by Gasteiger charge is -2.28. The Kier molecular flexibility index (Phi) is 5.05. The van der Waals surface area contributed by atoms with E-state index in [4.69, 9.17) is 10.5 Å². The van der Waals surface area contributed by atoms with Crippen LogP contribution in [0, 0.1) is 0 Å². The van der Waals surface area contributed by atoms with Crippen LogP contribution >= 0.6 is 0 Å². The molecule has 1 unspecified atom stereocenters. The van der Waals surface area contributed by atoms with Gasteiger partial charge in [-0.2, -0.15) is 0 Å². The Bertz CT molecular complexity index is 203. The third kappa shape index (κ3) is 3.80. The average Bonchev–Trinajstić information content (AvgIpc) is 2.28. The van der Waals surface area contributed by atoms with E-state index < -0.39 is 0 Å². The molecule has 1 fully saturated rings. The fourth-order valence-corrected chi connectivity index (χ4v) is 1.80. The first-order valence-corrected chi connectivity index (χ1v) is 5.77. The molecule has 0 saturated carbocycles. The molecule has 2 atom stereocenters. The Hall–Kier alpha value is -0.610. The largest absolute Gasteiger partial charge is 0.376 e. The van der Waals surface area contributed by atoms with E-state index in [0.717, 1.165) is 19.4 Å². The Morgan fingerprint density at radius 3 is 2.87 bits per heavy atom. The van der Waals surface area contributed by atoms with E-state index in [1.165, 1.54) is 6.42 Å². The van der Waals surface area contributed by atoms with Crippen LogP contribution in [0.15, 0.2) is 0 Å². The van der Waals surface area contributed by atoms with Gasteiger partial charge in [0.25, 0.3) is 0 Å². The van der Waals surface area contributed by atoms with Crippen molar-refractivity contribution < 1.29 is 9.53 Å². The second kappa shape index (κ2) is 6.08. The van der Waals surface area contributed by atoms with Gasteiger partial charge in [-0.05, 0) is 25.7 Å². The molecule has 2 N–H and O–H groups in total. The SMILES string of the molecule is CC[C@H](N)C(=O)N(C)CC1CCCCO1. The van der Waals surface area contributed by atoms with E-state index in [0.29, 0.717) is 13.0 Å². The van der Waals surface area contributed by atoms with E-state index >= 15 is 0 Å². The van der Waals surface area contributed by atoms with Crippen molar-refractivity contribution in [2.24, 2.45) is 5.73 Å². The van der Waals surface area contributed by atoms with E-state index in [9.17, 15) is 4.79 Å². The number of nitrogens with two attached hydrogens (primary N) is 1. The summed E-state index contributed by atoms with van der Waals surface area (Å²) in [4.78, 5) is 13.4. The number of ether oxygens (including phenoxy) is 1. The number of rotatable bonds is 4. The molecule has 1 aliphatic rings. The highest BCUT2D eigenvalue weighted by molar-refractivity contribution is 5.81. The maximum atomic E-state index is 11.7. The van der Waals surface area contributed by atoms with E-state index in [1.54, 1.807) is 11.9 Å². The van der Waals surface area contributed by atoms with Crippen LogP contribution in [0.5, 0.6) is 0 Å². The molecule has 0 spiro atoms. The molecule has 1 aliphatic heterocycles. The van der Waals surface area contributed by atoms with Gasteiger partial charge in [-0.25, -0.2) is 0 Å². The third-order valence-electron chi connectivity index (χ3n) is 2.88. The van der Waals surface area contributed by atoms with Crippen LogP contribution in [-0.2, 0) is 9.53 Å². The van der Waals surface area contributed by atoms with Crippen LogP contribution in [0.2, 0.25) is 0 Å². The first kappa shape index (κ1) is 12.5. The molecule has 1 amide bonds. The van der Waals surface area contributed by atoms with Crippen molar-refractivity contribution in [3.63, 3.8) is 0 Å². The zero-order valence-electron chi connectivity index (χ0n) is 9.74. The number of carbonyl (C=O) groups is 1. The van der Waals surface area contributed by atoms with Crippen molar-refractivity contribution in [1.29, 1.82) is 0 Å². The Morgan fingerprint density at radius 2 is 2.33 bits per heavy atom. The van der Waals surface area contributed by atoms with Crippen molar-refractivity contribution in [3.05, 3.63) is 0 Å². The van der Waals surface area contributed by atoms with Crippen molar-refractivity contribution in [1.82, 2.24) is 4.90 Å². The molecule has 0 aromatic heterocycles. The number of carbonyl (C=O) groups excluding carboxylic acids is 1. The summed E-state index contributed by atoms with van der Waals surface area (Å²) >= 11 is 0. The van der Waals surface area contributed by atoms with Crippen molar-refractivity contribution >= 4 is 5.91 Å². The molecule has 1 heterocycles. The van der Waals surface area contributed by atoms with Crippen LogP contribution in [0.4, 0.5) is 0 Å². The topological polar surface area (TPSA) is 55.6 Å². The van der Waals surface area contributed by atoms with Gasteiger partial charge in [0, 0.05) is 20.2 Å². The Morgan fingerprint density at radius 1 is 1.60 bits per heavy atom. The summed E-state index contributed by atoms with van der Waals surface area (Å²) < 4.78 is 5.58. The Labute approximate surface area is 91.8 Å². The highest BCUT2D eigenvalue weighted by Gasteiger charge is 2.21. The van der Waals surface area contributed by atoms with Gasteiger partial charge >= 0.3 is 0 Å². The highest BCUT2D eigenvalue weighted by atomic mass is 16.5. The summed E-state index contributed by atoms with van der Waals surface area (Å²) in [6.45, 7) is 3.42. The molecule has 0 aromatic carbocycles. The maximum absolute atomic E-state index is 11.7. The standard InChI is InChI=1S/C11H22N2O2/c1-3-10(12)11(14)13(2)8-9-6-4-5-7-15-9/h9-10H,3-8,12H2,1-2H3/t9?,10-/m0/s1. The second-order valence-electron chi connectivity index (χ2n) is 4.22. The van der Waals surface area contributed by atoms with Gasteiger partial charge < -0.3 is 15.4 Å². The normalized spacial score (nSPS) is 23.5. The first-order valence-electron chi connectivity index (χ1n) is 5.77. The van der Waals surface area contributed by atoms with Crippen molar-refractivity contribution in [3.8, 4) is 0 Å². The van der Waals surface area contributed by atoms with Gasteiger partial charge in [0.2, 0.25) is 5.91 Å². The lowest BCUT2D eigenvalue weighted by molar-refractivity contribution is -0.133. The predicted molar refractivity (Wildman–Crippen MR) is 59.5 cm³/mol.